The second kappa shape index (κ2) is 7.77. The van der Waals surface area contributed by atoms with Gasteiger partial charge in [0.05, 0.1) is 6.04 Å². The first-order chi connectivity index (χ1) is 11.0. The van der Waals surface area contributed by atoms with Gasteiger partial charge in [-0.25, -0.2) is 4.39 Å². The zero-order valence-electron chi connectivity index (χ0n) is 13.7. The predicted octanol–water partition coefficient (Wildman–Crippen LogP) is 4.17. The molecule has 0 aromatic heterocycles. The summed E-state index contributed by atoms with van der Waals surface area (Å²) in [6.07, 6.45) is 0.137. The van der Waals surface area contributed by atoms with Crippen molar-refractivity contribution in [1.29, 1.82) is 0 Å². The van der Waals surface area contributed by atoms with E-state index in [0.29, 0.717) is 5.75 Å². The summed E-state index contributed by atoms with van der Waals surface area (Å²) in [7, 11) is 0. The van der Waals surface area contributed by atoms with Gasteiger partial charge in [-0.3, -0.25) is 4.79 Å². The Balaban J connectivity index is 1.98. The molecule has 0 heterocycles. The molecule has 0 saturated carbocycles. The van der Waals surface area contributed by atoms with Crippen LogP contribution in [0.1, 0.15) is 37.4 Å². The monoisotopic (exact) mass is 315 g/mol. The van der Waals surface area contributed by atoms with Gasteiger partial charge in [0, 0.05) is 0 Å². The summed E-state index contributed by atoms with van der Waals surface area (Å²) < 4.78 is 18.4. The van der Waals surface area contributed by atoms with Crippen LogP contribution >= 0.6 is 0 Å². The van der Waals surface area contributed by atoms with Crippen LogP contribution in [0, 0.1) is 12.7 Å². The van der Waals surface area contributed by atoms with Gasteiger partial charge in [-0.1, -0.05) is 36.8 Å². The Hall–Kier alpha value is -2.36. The SMILES string of the molecule is CCC(NC(=O)C(C)Oc1ccc(F)cc1)c1ccc(C)cc1. The van der Waals surface area contributed by atoms with Crippen molar-refractivity contribution in [3.8, 4) is 5.75 Å². The molecule has 23 heavy (non-hydrogen) atoms. The lowest BCUT2D eigenvalue weighted by Gasteiger charge is -2.21. The fourth-order valence-electron chi connectivity index (χ4n) is 2.28. The van der Waals surface area contributed by atoms with Crippen molar-refractivity contribution in [3.05, 3.63) is 65.5 Å². The Labute approximate surface area is 136 Å². The molecule has 2 aromatic rings. The van der Waals surface area contributed by atoms with E-state index in [-0.39, 0.29) is 17.8 Å². The average molecular weight is 315 g/mol. The lowest BCUT2D eigenvalue weighted by Crippen LogP contribution is -2.38. The minimum atomic E-state index is -0.653. The van der Waals surface area contributed by atoms with Crippen molar-refractivity contribution in [1.82, 2.24) is 5.32 Å². The van der Waals surface area contributed by atoms with Crippen LogP contribution in [0.5, 0.6) is 5.75 Å². The lowest BCUT2D eigenvalue weighted by molar-refractivity contribution is -0.128. The number of carbonyl (C=O) groups excluding carboxylic acids is 1. The smallest absolute Gasteiger partial charge is 0.261 e. The molecule has 2 unspecified atom stereocenters. The molecule has 0 radical (unpaired) electrons. The van der Waals surface area contributed by atoms with E-state index in [2.05, 4.69) is 5.32 Å². The maximum absolute atomic E-state index is 12.9. The fourth-order valence-corrected chi connectivity index (χ4v) is 2.28. The number of halogens is 1. The summed E-state index contributed by atoms with van der Waals surface area (Å²) >= 11 is 0. The number of ether oxygens (including phenoxy) is 1. The highest BCUT2D eigenvalue weighted by Gasteiger charge is 2.19. The van der Waals surface area contributed by atoms with Crippen molar-refractivity contribution < 1.29 is 13.9 Å². The van der Waals surface area contributed by atoms with Gasteiger partial charge in [-0.05, 0) is 50.1 Å². The zero-order valence-corrected chi connectivity index (χ0v) is 13.7. The third-order valence-electron chi connectivity index (χ3n) is 3.70. The summed E-state index contributed by atoms with van der Waals surface area (Å²) in [6.45, 7) is 5.73. The summed E-state index contributed by atoms with van der Waals surface area (Å²) in [5.74, 6) is -0.0564. The molecule has 1 N–H and O–H groups in total. The van der Waals surface area contributed by atoms with Crippen LogP contribution in [-0.2, 0) is 4.79 Å². The third-order valence-corrected chi connectivity index (χ3v) is 3.70. The number of benzene rings is 2. The molecular weight excluding hydrogens is 293 g/mol. The zero-order chi connectivity index (χ0) is 16.8. The molecular formula is C19H22FNO2. The van der Waals surface area contributed by atoms with E-state index in [1.54, 1.807) is 6.92 Å². The summed E-state index contributed by atoms with van der Waals surface area (Å²) in [4.78, 5) is 12.3. The van der Waals surface area contributed by atoms with Crippen molar-refractivity contribution >= 4 is 5.91 Å². The van der Waals surface area contributed by atoms with Crippen LogP contribution in [0.25, 0.3) is 0 Å². The van der Waals surface area contributed by atoms with Crippen LogP contribution in [0.15, 0.2) is 48.5 Å². The molecule has 0 fully saturated rings. The number of aryl methyl sites for hydroxylation is 1. The highest BCUT2D eigenvalue weighted by molar-refractivity contribution is 5.81. The number of hydrogen-bond donors (Lipinski definition) is 1. The molecule has 122 valence electrons. The van der Waals surface area contributed by atoms with Crippen molar-refractivity contribution in [2.24, 2.45) is 0 Å². The van der Waals surface area contributed by atoms with E-state index in [4.69, 9.17) is 4.74 Å². The first-order valence-electron chi connectivity index (χ1n) is 7.78. The van der Waals surface area contributed by atoms with Gasteiger partial charge in [0.1, 0.15) is 11.6 Å². The number of hydrogen-bond acceptors (Lipinski definition) is 2. The van der Waals surface area contributed by atoms with Gasteiger partial charge in [-0.2, -0.15) is 0 Å². The minimum Gasteiger partial charge on any atom is -0.481 e. The van der Waals surface area contributed by atoms with Gasteiger partial charge in [-0.15, -0.1) is 0 Å². The molecule has 2 aromatic carbocycles. The molecule has 3 nitrogen and oxygen atoms in total. The van der Waals surface area contributed by atoms with Gasteiger partial charge >= 0.3 is 0 Å². The number of nitrogens with one attached hydrogen (secondary N) is 1. The third kappa shape index (κ3) is 4.81. The van der Waals surface area contributed by atoms with E-state index in [1.807, 2.05) is 38.1 Å². The standard InChI is InChI=1S/C19H22FNO2/c1-4-18(15-7-5-13(2)6-8-15)21-19(22)14(3)23-17-11-9-16(20)10-12-17/h5-12,14,18H,4H2,1-3H3,(H,21,22). The second-order valence-electron chi connectivity index (χ2n) is 5.59. The van der Waals surface area contributed by atoms with Crippen LogP contribution in [0.2, 0.25) is 0 Å². The number of carbonyl (C=O) groups is 1. The van der Waals surface area contributed by atoms with Gasteiger partial charge in [0.15, 0.2) is 6.10 Å². The average Bonchev–Trinajstić information content (AvgIpc) is 2.55. The molecule has 1 amide bonds. The number of amides is 1. The van der Waals surface area contributed by atoms with Crippen molar-refractivity contribution in [2.75, 3.05) is 0 Å². The minimum absolute atomic E-state index is 0.0534. The molecule has 0 aliphatic rings. The normalized spacial score (nSPS) is 13.2. The van der Waals surface area contributed by atoms with E-state index < -0.39 is 6.10 Å². The van der Waals surface area contributed by atoms with E-state index in [9.17, 15) is 9.18 Å². The Morgan fingerprint density at radius 1 is 1.13 bits per heavy atom. The molecule has 0 bridgehead atoms. The largest absolute Gasteiger partial charge is 0.481 e. The summed E-state index contributed by atoms with van der Waals surface area (Å²) in [5, 5.41) is 3.00. The van der Waals surface area contributed by atoms with E-state index in [0.717, 1.165) is 12.0 Å². The maximum Gasteiger partial charge on any atom is 0.261 e. The van der Waals surface area contributed by atoms with Crippen LogP contribution in [-0.4, -0.2) is 12.0 Å². The molecule has 0 aliphatic carbocycles. The lowest BCUT2D eigenvalue weighted by atomic mass is 10.0. The Kier molecular flexibility index (Phi) is 5.74. The summed E-state index contributed by atoms with van der Waals surface area (Å²) in [6, 6.07) is 13.7. The Morgan fingerprint density at radius 3 is 2.30 bits per heavy atom. The van der Waals surface area contributed by atoms with Crippen molar-refractivity contribution in [3.63, 3.8) is 0 Å². The Morgan fingerprint density at radius 2 is 1.74 bits per heavy atom. The fraction of sp³-hybridized carbons (Fsp3) is 0.316. The first kappa shape index (κ1) is 17.0. The molecule has 2 rings (SSSR count). The number of rotatable bonds is 6. The second-order valence-corrected chi connectivity index (χ2v) is 5.59. The van der Waals surface area contributed by atoms with E-state index in [1.165, 1.54) is 29.8 Å². The van der Waals surface area contributed by atoms with Gasteiger partial charge in [0.25, 0.3) is 5.91 Å². The summed E-state index contributed by atoms with van der Waals surface area (Å²) in [5.41, 5.74) is 2.25. The van der Waals surface area contributed by atoms with Gasteiger partial charge < -0.3 is 10.1 Å². The predicted molar refractivity (Wildman–Crippen MR) is 88.8 cm³/mol. The van der Waals surface area contributed by atoms with E-state index >= 15 is 0 Å². The highest BCUT2D eigenvalue weighted by atomic mass is 19.1. The molecule has 0 saturated heterocycles. The molecule has 2 atom stereocenters. The first-order valence-corrected chi connectivity index (χ1v) is 7.78. The quantitative estimate of drug-likeness (QED) is 0.869. The van der Waals surface area contributed by atoms with Crippen LogP contribution in [0.4, 0.5) is 4.39 Å². The Bertz CT molecular complexity index is 637. The molecule has 0 spiro atoms. The van der Waals surface area contributed by atoms with Crippen LogP contribution < -0.4 is 10.1 Å². The highest BCUT2D eigenvalue weighted by Crippen LogP contribution is 2.18. The van der Waals surface area contributed by atoms with Crippen molar-refractivity contribution in [2.45, 2.75) is 39.3 Å². The van der Waals surface area contributed by atoms with Gasteiger partial charge in [0.2, 0.25) is 0 Å². The molecule has 4 heteroatoms. The van der Waals surface area contributed by atoms with Crippen LogP contribution in [0.3, 0.4) is 0 Å². The topological polar surface area (TPSA) is 38.3 Å². The molecule has 0 aliphatic heterocycles. The maximum atomic E-state index is 12.9.